The molecule has 1 aromatic carbocycles. The van der Waals surface area contributed by atoms with E-state index in [9.17, 15) is 4.79 Å². The average Bonchev–Trinajstić information content (AvgIpc) is 2.85. The highest BCUT2D eigenvalue weighted by molar-refractivity contribution is 9.10. The van der Waals surface area contributed by atoms with E-state index < -0.39 is 5.60 Å². The summed E-state index contributed by atoms with van der Waals surface area (Å²) in [6.07, 6.45) is -0.240. The van der Waals surface area contributed by atoms with Gasteiger partial charge in [-0.15, -0.1) is 11.3 Å². The van der Waals surface area contributed by atoms with Gasteiger partial charge in [-0.05, 0) is 51.0 Å². The van der Waals surface area contributed by atoms with Gasteiger partial charge in [0.05, 0.1) is 6.54 Å². The SMILES string of the molecule is Cc1cc2c(s1)CN(C(=O)OC(C)(C)C)CC2c1ccccc1Br. The number of aryl methyl sites for hydroxylation is 1. The monoisotopic (exact) mass is 407 g/mol. The molecule has 5 heteroatoms. The molecule has 1 unspecified atom stereocenters. The van der Waals surface area contributed by atoms with Crippen LogP contribution >= 0.6 is 27.3 Å². The Labute approximate surface area is 155 Å². The zero-order chi connectivity index (χ0) is 17.5. The molecule has 1 aliphatic heterocycles. The molecule has 0 bridgehead atoms. The highest BCUT2D eigenvalue weighted by Crippen LogP contribution is 2.40. The molecule has 1 amide bonds. The number of carbonyl (C=O) groups excluding carboxylic acids is 1. The van der Waals surface area contributed by atoms with Gasteiger partial charge in [-0.25, -0.2) is 4.79 Å². The number of carbonyl (C=O) groups is 1. The Bertz CT molecular complexity index is 763. The molecule has 0 spiro atoms. The number of hydrogen-bond acceptors (Lipinski definition) is 3. The van der Waals surface area contributed by atoms with Crippen molar-refractivity contribution in [3.8, 4) is 0 Å². The third kappa shape index (κ3) is 3.67. The molecule has 0 saturated carbocycles. The van der Waals surface area contributed by atoms with Crippen molar-refractivity contribution in [1.29, 1.82) is 0 Å². The topological polar surface area (TPSA) is 29.5 Å². The fraction of sp³-hybridized carbons (Fsp3) is 0.421. The number of rotatable bonds is 1. The van der Waals surface area contributed by atoms with Gasteiger partial charge in [-0.2, -0.15) is 0 Å². The summed E-state index contributed by atoms with van der Waals surface area (Å²) < 4.78 is 6.67. The van der Waals surface area contributed by atoms with Crippen molar-refractivity contribution in [1.82, 2.24) is 4.90 Å². The average molecular weight is 408 g/mol. The van der Waals surface area contributed by atoms with Crippen molar-refractivity contribution in [3.05, 3.63) is 55.7 Å². The first-order valence-corrected chi connectivity index (χ1v) is 9.67. The summed E-state index contributed by atoms with van der Waals surface area (Å²) in [5.41, 5.74) is 2.07. The Morgan fingerprint density at radius 2 is 2.00 bits per heavy atom. The van der Waals surface area contributed by atoms with Crippen molar-refractivity contribution in [3.63, 3.8) is 0 Å². The zero-order valence-corrected chi connectivity index (χ0v) is 16.8. The minimum absolute atomic E-state index is 0.168. The molecular weight excluding hydrogens is 386 g/mol. The number of ether oxygens (including phenoxy) is 1. The molecule has 1 aromatic heterocycles. The predicted molar refractivity (Wildman–Crippen MR) is 102 cm³/mol. The molecule has 3 rings (SSSR count). The highest BCUT2D eigenvalue weighted by Gasteiger charge is 2.33. The number of hydrogen-bond donors (Lipinski definition) is 0. The van der Waals surface area contributed by atoms with Gasteiger partial charge in [0.15, 0.2) is 0 Å². The van der Waals surface area contributed by atoms with Crippen molar-refractivity contribution in [2.45, 2.75) is 45.8 Å². The molecule has 24 heavy (non-hydrogen) atoms. The minimum atomic E-state index is -0.481. The van der Waals surface area contributed by atoms with Gasteiger partial charge >= 0.3 is 6.09 Å². The number of nitrogens with zero attached hydrogens (tertiary/aromatic N) is 1. The van der Waals surface area contributed by atoms with Gasteiger partial charge in [-0.3, -0.25) is 0 Å². The smallest absolute Gasteiger partial charge is 0.410 e. The van der Waals surface area contributed by atoms with E-state index in [2.05, 4.69) is 41.1 Å². The van der Waals surface area contributed by atoms with Crippen molar-refractivity contribution in [2.75, 3.05) is 6.54 Å². The third-order valence-electron chi connectivity index (χ3n) is 4.01. The second-order valence-electron chi connectivity index (χ2n) is 7.17. The lowest BCUT2D eigenvalue weighted by atomic mass is 9.88. The highest BCUT2D eigenvalue weighted by atomic mass is 79.9. The molecule has 0 radical (unpaired) electrons. The minimum Gasteiger partial charge on any atom is -0.444 e. The Kier molecular flexibility index (Phi) is 4.76. The molecule has 1 atom stereocenters. The molecule has 0 aliphatic carbocycles. The maximum Gasteiger partial charge on any atom is 0.410 e. The maximum atomic E-state index is 12.6. The molecular formula is C19H22BrNO2S. The first kappa shape index (κ1) is 17.5. The summed E-state index contributed by atoms with van der Waals surface area (Å²) in [6.45, 7) is 9.10. The number of amides is 1. The van der Waals surface area contributed by atoms with E-state index in [0.717, 1.165) is 4.47 Å². The lowest BCUT2D eigenvalue weighted by molar-refractivity contribution is 0.0216. The fourth-order valence-electron chi connectivity index (χ4n) is 3.05. The van der Waals surface area contributed by atoms with Crippen LogP contribution in [0.2, 0.25) is 0 Å². The van der Waals surface area contributed by atoms with Crippen LogP contribution in [0.3, 0.4) is 0 Å². The maximum absolute atomic E-state index is 12.6. The van der Waals surface area contributed by atoms with E-state index in [1.807, 2.05) is 37.8 Å². The summed E-state index contributed by atoms with van der Waals surface area (Å²) in [6, 6.07) is 10.5. The molecule has 0 fully saturated rings. The number of halogens is 1. The second-order valence-corrected chi connectivity index (χ2v) is 9.37. The fourth-order valence-corrected chi connectivity index (χ4v) is 4.72. The Balaban J connectivity index is 1.96. The van der Waals surface area contributed by atoms with E-state index >= 15 is 0 Å². The predicted octanol–water partition coefficient (Wildman–Crippen LogP) is 5.70. The van der Waals surface area contributed by atoms with Gasteiger partial charge in [0.1, 0.15) is 5.60 Å². The molecule has 3 nitrogen and oxygen atoms in total. The van der Waals surface area contributed by atoms with E-state index in [1.54, 1.807) is 11.3 Å². The standard InChI is InChI=1S/C19H22BrNO2S/c1-12-9-14-15(13-7-5-6-8-16(13)20)10-21(11-17(14)24-12)18(22)23-19(2,3)4/h5-9,15H,10-11H2,1-4H3. The normalized spacial score (nSPS) is 17.5. The van der Waals surface area contributed by atoms with E-state index in [1.165, 1.54) is 20.9 Å². The summed E-state index contributed by atoms with van der Waals surface area (Å²) in [4.78, 5) is 17.0. The summed E-state index contributed by atoms with van der Waals surface area (Å²) >= 11 is 5.43. The number of benzene rings is 1. The van der Waals surface area contributed by atoms with Gasteiger partial charge in [-0.1, -0.05) is 34.1 Å². The summed E-state index contributed by atoms with van der Waals surface area (Å²) in [5, 5.41) is 0. The zero-order valence-electron chi connectivity index (χ0n) is 14.4. The van der Waals surface area contributed by atoms with Gasteiger partial charge in [0.2, 0.25) is 0 Å². The summed E-state index contributed by atoms with van der Waals surface area (Å²) in [5.74, 6) is 0.168. The van der Waals surface area contributed by atoms with Gasteiger partial charge in [0.25, 0.3) is 0 Å². The Hall–Kier alpha value is -1.33. The molecule has 1 aliphatic rings. The van der Waals surface area contributed by atoms with Crippen LogP contribution in [0.15, 0.2) is 34.8 Å². The quantitative estimate of drug-likeness (QED) is 0.606. The van der Waals surface area contributed by atoms with Gasteiger partial charge in [0, 0.05) is 26.7 Å². The van der Waals surface area contributed by atoms with Crippen molar-refractivity contribution < 1.29 is 9.53 Å². The largest absolute Gasteiger partial charge is 0.444 e. The lowest BCUT2D eigenvalue weighted by Gasteiger charge is -2.34. The molecule has 0 saturated heterocycles. The van der Waals surface area contributed by atoms with Crippen LogP contribution in [-0.4, -0.2) is 23.1 Å². The molecule has 2 aromatic rings. The summed E-state index contributed by atoms with van der Waals surface area (Å²) in [7, 11) is 0. The number of fused-ring (bicyclic) bond motifs is 1. The van der Waals surface area contributed by atoms with Crippen LogP contribution in [0.1, 0.15) is 47.6 Å². The van der Waals surface area contributed by atoms with E-state index in [4.69, 9.17) is 4.74 Å². The first-order valence-electron chi connectivity index (χ1n) is 8.06. The van der Waals surface area contributed by atoms with Crippen LogP contribution in [0.4, 0.5) is 4.79 Å². The van der Waals surface area contributed by atoms with Crippen LogP contribution in [-0.2, 0) is 11.3 Å². The van der Waals surface area contributed by atoms with Crippen LogP contribution in [0, 0.1) is 6.92 Å². The second kappa shape index (κ2) is 6.52. The Morgan fingerprint density at radius 1 is 1.29 bits per heavy atom. The van der Waals surface area contributed by atoms with E-state index in [0.29, 0.717) is 13.1 Å². The van der Waals surface area contributed by atoms with E-state index in [-0.39, 0.29) is 12.0 Å². The van der Waals surface area contributed by atoms with Crippen molar-refractivity contribution in [2.24, 2.45) is 0 Å². The molecule has 2 heterocycles. The Morgan fingerprint density at radius 3 is 2.67 bits per heavy atom. The van der Waals surface area contributed by atoms with Crippen LogP contribution < -0.4 is 0 Å². The van der Waals surface area contributed by atoms with Crippen molar-refractivity contribution >= 4 is 33.4 Å². The van der Waals surface area contributed by atoms with Gasteiger partial charge < -0.3 is 9.64 Å². The molecule has 0 N–H and O–H groups in total. The molecule has 128 valence electrons. The van der Waals surface area contributed by atoms with Crippen LogP contribution in [0.25, 0.3) is 0 Å². The number of thiophene rings is 1. The lowest BCUT2D eigenvalue weighted by Crippen LogP contribution is -2.41. The first-order chi connectivity index (χ1) is 11.2. The third-order valence-corrected chi connectivity index (χ3v) is 5.78. The van der Waals surface area contributed by atoms with Crippen LogP contribution in [0.5, 0.6) is 0 Å².